The van der Waals surface area contributed by atoms with Crippen molar-refractivity contribution >= 4 is 5.91 Å². The quantitative estimate of drug-likeness (QED) is 0.875. The molecule has 18 heavy (non-hydrogen) atoms. The number of hydrogen-bond acceptors (Lipinski definition) is 3. The molecular formula is C13H13N3O2. The van der Waals surface area contributed by atoms with Gasteiger partial charge in [-0.15, -0.1) is 0 Å². The van der Waals surface area contributed by atoms with E-state index in [2.05, 4.69) is 10.4 Å². The van der Waals surface area contributed by atoms with Gasteiger partial charge in [0.1, 0.15) is 0 Å². The van der Waals surface area contributed by atoms with Gasteiger partial charge in [-0.2, -0.15) is 5.10 Å². The number of carbonyl (C=O) groups is 1. The standard InChI is InChI=1S/C13H13N3O2/c17-13(15-11-8-18-9-11)10-2-4-12(5-3-10)16-7-1-6-14-16/h1-7,11H,8-9H2,(H,15,17). The highest BCUT2D eigenvalue weighted by molar-refractivity contribution is 5.94. The summed E-state index contributed by atoms with van der Waals surface area (Å²) in [6.45, 7) is 1.22. The zero-order chi connectivity index (χ0) is 12.4. The van der Waals surface area contributed by atoms with Gasteiger partial charge in [0.2, 0.25) is 0 Å². The summed E-state index contributed by atoms with van der Waals surface area (Å²) in [4.78, 5) is 11.9. The van der Waals surface area contributed by atoms with E-state index in [9.17, 15) is 4.79 Å². The van der Waals surface area contributed by atoms with Crippen LogP contribution in [0, 0.1) is 0 Å². The van der Waals surface area contributed by atoms with Gasteiger partial charge in [-0.3, -0.25) is 4.79 Å². The highest BCUT2D eigenvalue weighted by atomic mass is 16.5. The Hall–Kier alpha value is -2.14. The topological polar surface area (TPSA) is 56.1 Å². The lowest BCUT2D eigenvalue weighted by Gasteiger charge is -2.26. The minimum Gasteiger partial charge on any atom is -0.377 e. The Bertz CT molecular complexity index is 530. The molecule has 1 aromatic heterocycles. The van der Waals surface area contributed by atoms with E-state index in [-0.39, 0.29) is 11.9 Å². The van der Waals surface area contributed by atoms with Crippen molar-refractivity contribution in [1.82, 2.24) is 15.1 Å². The van der Waals surface area contributed by atoms with Crippen molar-refractivity contribution in [1.29, 1.82) is 0 Å². The number of nitrogens with zero attached hydrogens (tertiary/aromatic N) is 2. The van der Waals surface area contributed by atoms with Crippen LogP contribution in [0.3, 0.4) is 0 Å². The number of ether oxygens (including phenoxy) is 1. The summed E-state index contributed by atoms with van der Waals surface area (Å²) in [5, 5.41) is 7.03. The largest absolute Gasteiger partial charge is 0.377 e. The van der Waals surface area contributed by atoms with Crippen molar-refractivity contribution in [2.24, 2.45) is 0 Å². The lowest BCUT2D eigenvalue weighted by molar-refractivity contribution is -0.00346. The van der Waals surface area contributed by atoms with Gasteiger partial charge in [-0.05, 0) is 30.3 Å². The molecule has 1 N–H and O–H groups in total. The maximum atomic E-state index is 11.9. The molecule has 0 spiro atoms. The second-order valence-corrected chi connectivity index (χ2v) is 4.21. The second kappa shape index (κ2) is 4.62. The Labute approximate surface area is 104 Å². The van der Waals surface area contributed by atoms with Crippen LogP contribution in [-0.4, -0.2) is 34.9 Å². The van der Waals surface area contributed by atoms with Gasteiger partial charge in [0.15, 0.2) is 0 Å². The summed E-state index contributed by atoms with van der Waals surface area (Å²) in [5.41, 5.74) is 1.58. The zero-order valence-corrected chi connectivity index (χ0v) is 9.74. The van der Waals surface area contributed by atoms with Gasteiger partial charge in [-0.1, -0.05) is 0 Å². The van der Waals surface area contributed by atoms with Crippen molar-refractivity contribution in [3.05, 3.63) is 48.3 Å². The van der Waals surface area contributed by atoms with Crippen LogP contribution < -0.4 is 5.32 Å². The molecule has 1 fully saturated rings. The summed E-state index contributed by atoms with van der Waals surface area (Å²) in [6, 6.07) is 9.36. The first-order valence-corrected chi connectivity index (χ1v) is 5.81. The summed E-state index contributed by atoms with van der Waals surface area (Å²) < 4.78 is 6.76. The van der Waals surface area contributed by atoms with Crippen LogP contribution in [0.25, 0.3) is 5.69 Å². The third-order valence-corrected chi connectivity index (χ3v) is 2.87. The Morgan fingerprint density at radius 1 is 1.33 bits per heavy atom. The third-order valence-electron chi connectivity index (χ3n) is 2.87. The molecule has 5 heteroatoms. The van der Waals surface area contributed by atoms with Crippen molar-refractivity contribution in [2.75, 3.05) is 13.2 Å². The Balaban J connectivity index is 1.72. The van der Waals surface area contributed by atoms with Gasteiger partial charge in [0, 0.05) is 18.0 Å². The van der Waals surface area contributed by atoms with Crippen molar-refractivity contribution < 1.29 is 9.53 Å². The second-order valence-electron chi connectivity index (χ2n) is 4.21. The van der Waals surface area contributed by atoms with Crippen LogP contribution in [0.1, 0.15) is 10.4 Å². The third kappa shape index (κ3) is 2.12. The fourth-order valence-corrected chi connectivity index (χ4v) is 1.77. The van der Waals surface area contributed by atoms with E-state index in [1.54, 1.807) is 23.0 Å². The first kappa shape index (κ1) is 11.0. The van der Waals surface area contributed by atoms with Gasteiger partial charge in [0.05, 0.1) is 24.9 Å². The number of aromatic nitrogens is 2. The summed E-state index contributed by atoms with van der Waals surface area (Å²) in [5.74, 6) is -0.0599. The predicted molar refractivity (Wildman–Crippen MR) is 65.6 cm³/mol. The first-order valence-electron chi connectivity index (χ1n) is 5.81. The van der Waals surface area contributed by atoms with Crippen LogP contribution in [0.15, 0.2) is 42.7 Å². The van der Waals surface area contributed by atoms with Crippen LogP contribution in [0.5, 0.6) is 0 Å². The molecule has 2 heterocycles. The first-order chi connectivity index (χ1) is 8.83. The maximum Gasteiger partial charge on any atom is 0.251 e. The summed E-state index contributed by atoms with van der Waals surface area (Å²) >= 11 is 0. The van der Waals surface area contributed by atoms with Crippen LogP contribution in [0.2, 0.25) is 0 Å². The highest BCUT2D eigenvalue weighted by Crippen LogP contribution is 2.09. The highest BCUT2D eigenvalue weighted by Gasteiger charge is 2.20. The van der Waals surface area contributed by atoms with E-state index in [1.165, 1.54) is 0 Å². The molecule has 0 radical (unpaired) electrons. The molecule has 1 aliphatic rings. The fourth-order valence-electron chi connectivity index (χ4n) is 1.77. The van der Waals surface area contributed by atoms with Gasteiger partial charge in [0.25, 0.3) is 5.91 Å². The number of benzene rings is 1. The molecule has 0 aliphatic carbocycles. The maximum absolute atomic E-state index is 11.9. The number of amides is 1. The van der Waals surface area contributed by atoms with Crippen LogP contribution >= 0.6 is 0 Å². The van der Waals surface area contributed by atoms with Crippen LogP contribution in [-0.2, 0) is 4.74 Å². The normalized spacial score (nSPS) is 15.1. The van der Waals surface area contributed by atoms with Crippen molar-refractivity contribution in [2.45, 2.75) is 6.04 Å². The van der Waals surface area contributed by atoms with Gasteiger partial charge in [-0.25, -0.2) is 4.68 Å². The molecule has 92 valence electrons. The van der Waals surface area contributed by atoms with E-state index in [1.807, 2.05) is 24.4 Å². The van der Waals surface area contributed by atoms with E-state index in [0.29, 0.717) is 18.8 Å². The molecule has 0 atom stereocenters. The molecule has 2 aromatic rings. The summed E-state index contributed by atoms with van der Waals surface area (Å²) in [6.07, 6.45) is 3.58. The average molecular weight is 243 g/mol. The van der Waals surface area contributed by atoms with Crippen LogP contribution in [0.4, 0.5) is 0 Å². The molecule has 0 unspecified atom stereocenters. The zero-order valence-electron chi connectivity index (χ0n) is 9.74. The SMILES string of the molecule is O=C(NC1COC1)c1ccc(-n2cccn2)cc1. The molecule has 1 aromatic carbocycles. The smallest absolute Gasteiger partial charge is 0.251 e. The molecule has 5 nitrogen and oxygen atoms in total. The lowest BCUT2D eigenvalue weighted by Crippen LogP contribution is -2.48. The molecule has 1 amide bonds. The number of rotatable bonds is 3. The molecular weight excluding hydrogens is 230 g/mol. The van der Waals surface area contributed by atoms with E-state index >= 15 is 0 Å². The minimum atomic E-state index is -0.0599. The van der Waals surface area contributed by atoms with E-state index < -0.39 is 0 Å². The van der Waals surface area contributed by atoms with E-state index in [4.69, 9.17) is 4.74 Å². The molecule has 1 aliphatic heterocycles. The fraction of sp³-hybridized carbons (Fsp3) is 0.231. The minimum absolute atomic E-state index is 0.0599. The molecule has 0 bridgehead atoms. The Morgan fingerprint density at radius 3 is 2.67 bits per heavy atom. The molecule has 3 rings (SSSR count). The van der Waals surface area contributed by atoms with Gasteiger partial charge < -0.3 is 10.1 Å². The number of carbonyl (C=O) groups excluding carboxylic acids is 1. The Kier molecular flexibility index (Phi) is 2.82. The summed E-state index contributed by atoms with van der Waals surface area (Å²) in [7, 11) is 0. The Morgan fingerprint density at radius 2 is 2.11 bits per heavy atom. The number of hydrogen-bond donors (Lipinski definition) is 1. The van der Waals surface area contributed by atoms with Crippen molar-refractivity contribution in [3.63, 3.8) is 0 Å². The van der Waals surface area contributed by atoms with Crippen molar-refractivity contribution in [3.8, 4) is 5.69 Å². The monoisotopic (exact) mass is 243 g/mol. The molecule has 0 saturated carbocycles. The van der Waals surface area contributed by atoms with E-state index in [0.717, 1.165) is 5.69 Å². The molecule has 1 saturated heterocycles. The average Bonchev–Trinajstić information content (AvgIpc) is 2.87. The lowest BCUT2D eigenvalue weighted by atomic mass is 10.1. The van der Waals surface area contributed by atoms with Gasteiger partial charge >= 0.3 is 0 Å². The number of nitrogens with one attached hydrogen (secondary N) is 1. The predicted octanol–water partition coefficient (Wildman–Crippen LogP) is 1.00.